The van der Waals surface area contributed by atoms with Crippen LogP contribution in [0.25, 0.3) is 11.4 Å². The number of rotatable bonds is 8. The molecule has 188 valence electrons. The molecule has 0 unspecified atom stereocenters. The average Bonchev–Trinajstić information content (AvgIpc) is 2.89. The third-order valence-corrected chi connectivity index (χ3v) is 6.55. The van der Waals surface area contributed by atoms with Crippen molar-refractivity contribution in [3.8, 4) is 11.4 Å². The molecule has 8 heteroatoms. The number of ether oxygens (including phenoxy) is 1. The molecular weight excluding hydrogens is 476 g/mol. The number of hydrogen-bond acceptors (Lipinski definition) is 6. The highest BCUT2D eigenvalue weighted by Gasteiger charge is 2.25. The predicted molar refractivity (Wildman–Crippen MR) is 141 cm³/mol. The lowest BCUT2D eigenvalue weighted by Crippen LogP contribution is -2.49. The number of hydrogen-bond donors (Lipinski definition) is 0. The molecule has 0 aliphatic carbocycles. The lowest BCUT2D eigenvalue weighted by Gasteiger charge is -2.36. The van der Waals surface area contributed by atoms with E-state index in [-0.39, 0.29) is 24.7 Å². The SMILES string of the molecule is CCOC(=O)CCC(=O)N1CCN(c2nc(-c3ccc(Cl)cc3)nc(C)c2Cc2ccccc2)CC1. The van der Waals surface area contributed by atoms with Crippen LogP contribution >= 0.6 is 11.6 Å². The second-order valence-corrected chi connectivity index (χ2v) is 9.21. The highest BCUT2D eigenvalue weighted by atomic mass is 35.5. The van der Waals surface area contributed by atoms with E-state index >= 15 is 0 Å². The molecule has 1 aliphatic rings. The summed E-state index contributed by atoms with van der Waals surface area (Å²) in [4.78, 5) is 38.2. The minimum atomic E-state index is -0.332. The number of benzene rings is 2. The maximum Gasteiger partial charge on any atom is 0.306 e. The smallest absolute Gasteiger partial charge is 0.306 e. The second kappa shape index (κ2) is 12.0. The number of halogens is 1. The number of piperazine rings is 1. The Balaban J connectivity index is 1.55. The van der Waals surface area contributed by atoms with E-state index in [4.69, 9.17) is 26.3 Å². The number of anilines is 1. The van der Waals surface area contributed by atoms with Crippen molar-refractivity contribution in [2.24, 2.45) is 0 Å². The summed E-state index contributed by atoms with van der Waals surface area (Å²) in [6, 6.07) is 17.8. The first-order valence-corrected chi connectivity index (χ1v) is 12.7. The molecule has 1 amide bonds. The van der Waals surface area contributed by atoms with E-state index in [0.717, 1.165) is 29.1 Å². The standard InChI is InChI=1S/C28H31ClN4O3/c1-3-36-26(35)14-13-25(34)32-15-17-33(18-16-32)28-24(19-21-7-5-4-6-8-21)20(2)30-27(31-28)22-9-11-23(29)12-10-22/h4-12H,3,13-19H2,1-2H3. The fourth-order valence-corrected chi connectivity index (χ4v) is 4.47. The van der Waals surface area contributed by atoms with Crippen molar-refractivity contribution in [2.45, 2.75) is 33.1 Å². The van der Waals surface area contributed by atoms with Crippen LogP contribution in [-0.4, -0.2) is 59.5 Å². The summed E-state index contributed by atoms with van der Waals surface area (Å²) < 4.78 is 4.94. The van der Waals surface area contributed by atoms with Gasteiger partial charge < -0.3 is 14.5 Å². The lowest BCUT2D eigenvalue weighted by molar-refractivity contribution is -0.145. The van der Waals surface area contributed by atoms with Crippen molar-refractivity contribution in [2.75, 3.05) is 37.7 Å². The van der Waals surface area contributed by atoms with Crippen molar-refractivity contribution >= 4 is 29.3 Å². The van der Waals surface area contributed by atoms with E-state index in [9.17, 15) is 9.59 Å². The third kappa shape index (κ3) is 6.40. The number of aromatic nitrogens is 2. The average molecular weight is 507 g/mol. The van der Waals surface area contributed by atoms with Gasteiger partial charge in [0.05, 0.1) is 13.0 Å². The van der Waals surface area contributed by atoms with Crippen molar-refractivity contribution in [1.29, 1.82) is 0 Å². The number of carbonyl (C=O) groups is 2. The van der Waals surface area contributed by atoms with Gasteiger partial charge in [-0.05, 0) is 43.7 Å². The van der Waals surface area contributed by atoms with E-state index in [1.165, 1.54) is 5.56 Å². The monoisotopic (exact) mass is 506 g/mol. The first-order chi connectivity index (χ1) is 17.4. The third-order valence-electron chi connectivity index (χ3n) is 6.30. The fourth-order valence-electron chi connectivity index (χ4n) is 4.35. The first kappa shape index (κ1) is 25.6. The number of nitrogens with zero attached hydrogens (tertiary/aromatic N) is 4. The second-order valence-electron chi connectivity index (χ2n) is 8.78. The molecule has 1 aromatic heterocycles. The van der Waals surface area contributed by atoms with Crippen LogP contribution in [0.3, 0.4) is 0 Å². The predicted octanol–water partition coefficient (Wildman–Crippen LogP) is 4.69. The van der Waals surface area contributed by atoms with Gasteiger partial charge in [-0.15, -0.1) is 0 Å². The summed E-state index contributed by atoms with van der Waals surface area (Å²) in [7, 11) is 0. The number of aryl methyl sites for hydroxylation is 1. The normalized spacial score (nSPS) is 13.5. The first-order valence-electron chi connectivity index (χ1n) is 12.3. The maximum absolute atomic E-state index is 12.6. The summed E-state index contributed by atoms with van der Waals surface area (Å²) in [5, 5.41) is 0.667. The van der Waals surface area contributed by atoms with Crippen LogP contribution in [0, 0.1) is 6.92 Å². The van der Waals surface area contributed by atoms with Crippen LogP contribution in [0.2, 0.25) is 5.02 Å². The fraction of sp³-hybridized carbons (Fsp3) is 0.357. The quantitative estimate of drug-likeness (QED) is 0.413. The molecule has 0 saturated carbocycles. The van der Waals surface area contributed by atoms with E-state index in [0.29, 0.717) is 43.6 Å². The topological polar surface area (TPSA) is 75.6 Å². The van der Waals surface area contributed by atoms with Gasteiger partial charge in [0.15, 0.2) is 5.82 Å². The summed E-state index contributed by atoms with van der Waals surface area (Å²) >= 11 is 6.09. The summed E-state index contributed by atoms with van der Waals surface area (Å²) in [5.41, 5.74) is 4.11. The molecule has 1 saturated heterocycles. The van der Waals surface area contributed by atoms with Crippen LogP contribution < -0.4 is 4.90 Å². The number of carbonyl (C=O) groups excluding carboxylic acids is 2. The molecule has 1 aliphatic heterocycles. The highest BCUT2D eigenvalue weighted by molar-refractivity contribution is 6.30. The zero-order valence-electron chi connectivity index (χ0n) is 20.7. The molecule has 36 heavy (non-hydrogen) atoms. The Labute approximate surface area is 217 Å². The Bertz CT molecular complexity index is 1190. The molecule has 4 rings (SSSR count). The molecule has 0 spiro atoms. The number of amides is 1. The van der Waals surface area contributed by atoms with Crippen LogP contribution in [0.4, 0.5) is 5.82 Å². The Morgan fingerprint density at radius 2 is 1.64 bits per heavy atom. The Kier molecular flexibility index (Phi) is 8.54. The summed E-state index contributed by atoms with van der Waals surface area (Å²) in [6.07, 6.45) is 1.01. The zero-order chi connectivity index (χ0) is 25.5. The molecule has 0 bridgehead atoms. The summed E-state index contributed by atoms with van der Waals surface area (Å²) in [5.74, 6) is 1.20. The van der Waals surface area contributed by atoms with Gasteiger partial charge in [0.2, 0.25) is 5.91 Å². The Morgan fingerprint density at radius 3 is 2.31 bits per heavy atom. The van der Waals surface area contributed by atoms with Crippen molar-refractivity contribution in [3.05, 3.63) is 76.4 Å². The molecule has 1 fully saturated rings. The molecule has 2 heterocycles. The van der Waals surface area contributed by atoms with Crippen LogP contribution in [-0.2, 0) is 20.7 Å². The van der Waals surface area contributed by atoms with Gasteiger partial charge in [-0.2, -0.15) is 0 Å². The minimum Gasteiger partial charge on any atom is -0.466 e. The van der Waals surface area contributed by atoms with Crippen LogP contribution in [0.15, 0.2) is 54.6 Å². The van der Waals surface area contributed by atoms with Gasteiger partial charge in [-0.1, -0.05) is 41.9 Å². The molecule has 7 nitrogen and oxygen atoms in total. The Hall–Kier alpha value is -3.45. The molecular formula is C28H31ClN4O3. The van der Waals surface area contributed by atoms with Gasteiger partial charge in [0, 0.05) is 60.9 Å². The molecule has 2 aromatic carbocycles. The maximum atomic E-state index is 12.6. The molecule has 0 N–H and O–H groups in total. The van der Waals surface area contributed by atoms with Gasteiger partial charge in [-0.25, -0.2) is 9.97 Å². The van der Waals surface area contributed by atoms with Gasteiger partial charge in [0.1, 0.15) is 5.82 Å². The van der Waals surface area contributed by atoms with E-state index in [1.807, 2.05) is 54.3 Å². The lowest BCUT2D eigenvalue weighted by atomic mass is 10.0. The van der Waals surface area contributed by atoms with Crippen molar-refractivity contribution < 1.29 is 14.3 Å². The van der Waals surface area contributed by atoms with Gasteiger partial charge >= 0.3 is 5.97 Å². The van der Waals surface area contributed by atoms with Gasteiger partial charge in [0.25, 0.3) is 0 Å². The van der Waals surface area contributed by atoms with Crippen molar-refractivity contribution in [1.82, 2.24) is 14.9 Å². The molecule has 0 radical (unpaired) electrons. The zero-order valence-corrected chi connectivity index (χ0v) is 21.5. The van der Waals surface area contributed by atoms with Crippen LogP contribution in [0.5, 0.6) is 0 Å². The number of esters is 1. The summed E-state index contributed by atoms with van der Waals surface area (Å²) in [6.45, 7) is 6.58. The van der Waals surface area contributed by atoms with E-state index in [1.54, 1.807) is 6.92 Å². The largest absolute Gasteiger partial charge is 0.466 e. The molecule has 3 aromatic rings. The molecule has 0 atom stereocenters. The Morgan fingerprint density at radius 1 is 0.944 bits per heavy atom. The van der Waals surface area contributed by atoms with E-state index < -0.39 is 0 Å². The van der Waals surface area contributed by atoms with Crippen molar-refractivity contribution in [3.63, 3.8) is 0 Å². The van der Waals surface area contributed by atoms with E-state index in [2.05, 4.69) is 17.0 Å². The highest BCUT2D eigenvalue weighted by Crippen LogP contribution is 2.29. The van der Waals surface area contributed by atoms with Gasteiger partial charge in [-0.3, -0.25) is 9.59 Å². The van der Waals surface area contributed by atoms with Crippen LogP contribution in [0.1, 0.15) is 36.6 Å². The minimum absolute atomic E-state index is 0.0204.